The van der Waals surface area contributed by atoms with Crippen LogP contribution in [0.25, 0.3) is 0 Å². The first-order valence-corrected chi connectivity index (χ1v) is 10.9. The van der Waals surface area contributed by atoms with E-state index in [2.05, 4.69) is 19.9 Å². The highest BCUT2D eigenvalue weighted by Gasteiger charge is 2.44. The molecule has 4 rings (SSSR count). The number of Topliss-reactive ketones (excluding diaryl/α,β-unsaturated/α-hetero) is 1. The Morgan fingerprint density at radius 2 is 1.72 bits per heavy atom. The van der Waals surface area contributed by atoms with Crippen LogP contribution in [0.15, 0.2) is 77.3 Å². The van der Waals surface area contributed by atoms with Crippen LogP contribution < -0.4 is 10.6 Å². The minimum atomic E-state index is -0.415. The molecule has 0 aromatic heterocycles. The maximum absolute atomic E-state index is 13.4. The molecule has 0 fully saturated rings. The van der Waals surface area contributed by atoms with Gasteiger partial charge in [-0.15, -0.1) is 0 Å². The fraction of sp³-hybridized carbons (Fsp3) is 0.333. The van der Waals surface area contributed by atoms with Crippen LogP contribution in [0.2, 0.25) is 0 Å². The van der Waals surface area contributed by atoms with Crippen LogP contribution in [0, 0.1) is 23.7 Å². The lowest BCUT2D eigenvalue weighted by Crippen LogP contribution is -2.42. The first kappa shape index (κ1) is 23.3. The van der Waals surface area contributed by atoms with Crippen molar-refractivity contribution in [3.8, 4) is 6.07 Å². The summed E-state index contributed by atoms with van der Waals surface area (Å²) >= 11 is 0. The Hall–Kier alpha value is -3.36. The van der Waals surface area contributed by atoms with Crippen LogP contribution in [0.1, 0.15) is 50.7 Å². The average Bonchev–Trinajstić information content (AvgIpc) is 2.74. The summed E-state index contributed by atoms with van der Waals surface area (Å²) < 4.78 is 0. The van der Waals surface area contributed by atoms with E-state index in [4.69, 9.17) is 10.8 Å². The molecule has 0 saturated carbocycles. The van der Waals surface area contributed by atoms with Crippen LogP contribution in [-0.2, 0) is 4.79 Å². The van der Waals surface area contributed by atoms with Crippen molar-refractivity contribution in [1.29, 1.82) is 5.26 Å². The Kier molecular flexibility index (Phi) is 6.86. The number of hydrogen-bond donors (Lipinski definition) is 2. The van der Waals surface area contributed by atoms with Gasteiger partial charge in [-0.25, -0.2) is 0 Å². The molecule has 3 N–H and O–H groups in total. The number of nitrogens with zero attached hydrogens (tertiary/aromatic N) is 2. The summed E-state index contributed by atoms with van der Waals surface area (Å²) in [6.45, 7) is 8.18. The van der Waals surface area contributed by atoms with Crippen LogP contribution in [0.4, 0.5) is 5.69 Å². The van der Waals surface area contributed by atoms with Gasteiger partial charge in [0.05, 0.1) is 17.6 Å². The Morgan fingerprint density at radius 3 is 2.28 bits per heavy atom. The number of aliphatic hydroxyl groups excluding tert-OH is 1. The van der Waals surface area contributed by atoms with Gasteiger partial charge in [-0.05, 0) is 43.4 Å². The Bertz CT molecular complexity index is 1090. The van der Waals surface area contributed by atoms with Crippen molar-refractivity contribution < 1.29 is 9.90 Å². The number of benzene rings is 2. The van der Waals surface area contributed by atoms with Gasteiger partial charge in [0.25, 0.3) is 0 Å². The third-order valence-corrected chi connectivity index (χ3v) is 5.81. The van der Waals surface area contributed by atoms with Gasteiger partial charge in [0.2, 0.25) is 0 Å². The minimum Gasteiger partial charge on any atom is -0.397 e. The SMILES string of the molecule is CCO.Cc1ccc(N2C(N)=C(C#N)C(c3ccccc3)C3=C2CC(C)(C)CC3=O)cc1. The molecule has 32 heavy (non-hydrogen) atoms. The molecule has 1 aliphatic carbocycles. The number of carbonyl (C=O) groups excluding carboxylic acids is 1. The van der Waals surface area contributed by atoms with Crippen molar-refractivity contribution in [3.63, 3.8) is 0 Å². The Labute approximate surface area is 190 Å². The normalized spacial score (nSPS) is 19.7. The number of allylic oxidation sites excluding steroid dienone is 3. The van der Waals surface area contributed by atoms with E-state index in [0.29, 0.717) is 23.4 Å². The molecule has 5 heteroatoms. The smallest absolute Gasteiger partial charge is 0.162 e. The zero-order valence-electron chi connectivity index (χ0n) is 19.2. The molecular formula is C27H31N3O2. The lowest BCUT2D eigenvalue weighted by Gasteiger charge is -2.43. The second kappa shape index (κ2) is 9.42. The summed E-state index contributed by atoms with van der Waals surface area (Å²) in [4.78, 5) is 15.3. The molecular weight excluding hydrogens is 398 g/mol. The first-order valence-electron chi connectivity index (χ1n) is 10.9. The van der Waals surface area contributed by atoms with E-state index in [0.717, 1.165) is 28.9 Å². The number of aliphatic hydroxyl groups is 1. The van der Waals surface area contributed by atoms with Crippen molar-refractivity contribution in [3.05, 3.63) is 88.4 Å². The number of aryl methyl sites for hydroxylation is 1. The van der Waals surface area contributed by atoms with E-state index in [1.54, 1.807) is 6.92 Å². The molecule has 1 atom stereocenters. The topological polar surface area (TPSA) is 90.3 Å². The zero-order chi connectivity index (χ0) is 23.5. The van der Waals surface area contributed by atoms with Crippen LogP contribution in [0.5, 0.6) is 0 Å². The fourth-order valence-corrected chi connectivity index (χ4v) is 4.48. The quantitative estimate of drug-likeness (QED) is 0.706. The van der Waals surface area contributed by atoms with E-state index in [9.17, 15) is 10.1 Å². The number of nitriles is 1. The standard InChI is InChI=1S/C25H25N3O.C2H6O/c1-16-9-11-18(12-10-16)28-20-13-25(2,3)14-21(29)23(20)22(19(15-26)24(28)27)17-7-5-4-6-8-17;1-2-3/h4-12,22H,13-14,27H2,1-3H3;3H,2H2,1H3. The van der Waals surface area contributed by atoms with E-state index >= 15 is 0 Å². The van der Waals surface area contributed by atoms with Gasteiger partial charge in [-0.1, -0.05) is 61.9 Å². The average molecular weight is 430 g/mol. The van der Waals surface area contributed by atoms with Crippen molar-refractivity contribution >= 4 is 11.5 Å². The lowest BCUT2D eigenvalue weighted by molar-refractivity contribution is -0.118. The van der Waals surface area contributed by atoms with Crippen LogP contribution >= 0.6 is 0 Å². The predicted molar refractivity (Wildman–Crippen MR) is 127 cm³/mol. The van der Waals surface area contributed by atoms with E-state index < -0.39 is 5.92 Å². The maximum Gasteiger partial charge on any atom is 0.162 e. The monoisotopic (exact) mass is 429 g/mol. The zero-order valence-corrected chi connectivity index (χ0v) is 19.2. The van der Waals surface area contributed by atoms with Crippen molar-refractivity contribution in [1.82, 2.24) is 0 Å². The second-order valence-electron chi connectivity index (χ2n) is 9.04. The third kappa shape index (κ3) is 4.46. The van der Waals surface area contributed by atoms with E-state index in [-0.39, 0.29) is 17.8 Å². The minimum absolute atomic E-state index is 0.0995. The summed E-state index contributed by atoms with van der Waals surface area (Å²) in [5.74, 6) is 0.0958. The van der Waals surface area contributed by atoms with Gasteiger partial charge in [0, 0.05) is 30.0 Å². The molecule has 5 nitrogen and oxygen atoms in total. The van der Waals surface area contributed by atoms with Crippen molar-refractivity contribution in [2.75, 3.05) is 11.5 Å². The summed E-state index contributed by atoms with van der Waals surface area (Å²) in [5.41, 5.74) is 11.5. The first-order chi connectivity index (χ1) is 15.2. The summed E-state index contributed by atoms with van der Waals surface area (Å²) in [6.07, 6.45) is 1.19. The highest BCUT2D eigenvalue weighted by Crippen LogP contribution is 2.50. The van der Waals surface area contributed by atoms with Crippen molar-refractivity contribution in [2.45, 2.75) is 46.5 Å². The molecule has 0 spiro atoms. The number of rotatable bonds is 2. The molecule has 0 amide bonds. The number of nitrogens with two attached hydrogens (primary N) is 1. The molecule has 0 radical (unpaired) electrons. The molecule has 166 valence electrons. The molecule has 2 aromatic carbocycles. The highest BCUT2D eigenvalue weighted by atomic mass is 16.2. The summed E-state index contributed by atoms with van der Waals surface area (Å²) in [5, 5.41) is 17.6. The molecule has 1 aliphatic heterocycles. The summed E-state index contributed by atoms with van der Waals surface area (Å²) in [6, 6.07) is 20.1. The predicted octanol–water partition coefficient (Wildman–Crippen LogP) is 4.93. The summed E-state index contributed by atoms with van der Waals surface area (Å²) in [7, 11) is 0. The van der Waals surface area contributed by atoms with Gasteiger partial charge >= 0.3 is 0 Å². The largest absolute Gasteiger partial charge is 0.397 e. The van der Waals surface area contributed by atoms with E-state index in [1.807, 2.05) is 66.4 Å². The molecule has 1 heterocycles. The van der Waals surface area contributed by atoms with Gasteiger partial charge in [-0.2, -0.15) is 5.26 Å². The van der Waals surface area contributed by atoms with Gasteiger partial charge in [-0.3, -0.25) is 9.69 Å². The third-order valence-electron chi connectivity index (χ3n) is 5.81. The Morgan fingerprint density at radius 1 is 1.12 bits per heavy atom. The number of hydrogen-bond acceptors (Lipinski definition) is 5. The number of ketones is 1. The number of anilines is 1. The fourth-order valence-electron chi connectivity index (χ4n) is 4.48. The van der Waals surface area contributed by atoms with Gasteiger partial charge < -0.3 is 10.8 Å². The van der Waals surface area contributed by atoms with Crippen LogP contribution in [-0.4, -0.2) is 17.5 Å². The van der Waals surface area contributed by atoms with Crippen LogP contribution in [0.3, 0.4) is 0 Å². The second-order valence-corrected chi connectivity index (χ2v) is 9.04. The maximum atomic E-state index is 13.4. The molecule has 0 saturated heterocycles. The molecule has 0 bridgehead atoms. The molecule has 2 aliphatic rings. The van der Waals surface area contributed by atoms with Gasteiger partial charge in [0.15, 0.2) is 5.78 Å². The lowest BCUT2D eigenvalue weighted by atomic mass is 9.68. The van der Waals surface area contributed by atoms with E-state index in [1.165, 1.54) is 0 Å². The molecule has 1 unspecified atom stereocenters. The van der Waals surface area contributed by atoms with Gasteiger partial charge in [0.1, 0.15) is 5.82 Å². The molecule has 2 aromatic rings. The Balaban J connectivity index is 0.000000913. The highest BCUT2D eigenvalue weighted by molar-refractivity contribution is 6.01. The number of carbonyl (C=O) groups is 1. The van der Waals surface area contributed by atoms with Crippen molar-refractivity contribution in [2.24, 2.45) is 11.1 Å².